The largest absolute Gasteiger partial charge is 0.477 e. The minimum absolute atomic E-state index is 0.126. The van der Waals surface area contributed by atoms with Crippen molar-refractivity contribution in [3.63, 3.8) is 0 Å². The van der Waals surface area contributed by atoms with Crippen LogP contribution in [0.25, 0.3) is 17.3 Å². The molecule has 2 aliphatic rings. The Kier molecular flexibility index (Phi) is 7.52. The molecule has 0 aliphatic carbocycles. The molecule has 0 bridgehead atoms. The van der Waals surface area contributed by atoms with Crippen LogP contribution in [0.4, 0.5) is 4.39 Å². The molecule has 1 saturated heterocycles. The van der Waals surface area contributed by atoms with E-state index in [0.717, 1.165) is 40.9 Å². The lowest BCUT2D eigenvalue weighted by molar-refractivity contribution is -0.217. The molecule has 2 aliphatic heterocycles. The van der Waals surface area contributed by atoms with E-state index in [1.807, 2.05) is 34.9 Å². The lowest BCUT2D eigenvalue weighted by Gasteiger charge is -2.26. The standard InChI is InChI=1S/C30H25FN4O5S/c31-24-12-19(14-32)7-8-20(24)16-39-40-26-6-3-10-33-28(26)23-5-2-1-4-21(23)17-41-27(30(36)37)13-25-29(41)34-18-35(25)15-22-9-11-38-22/h1-8,10,12-13,18,22,41H,9,11,15-17H2,(H,36,37). The molecule has 9 nitrogen and oxygen atoms in total. The summed E-state index contributed by atoms with van der Waals surface area (Å²) in [5.74, 6) is -0.746. The highest BCUT2D eigenvalue weighted by atomic mass is 32.2. The topological polar surface area (TPSA) is 119 Å². The zero-order valence-electron chi connectivity index (χ0n) is 21.7. The van der Waals surface area contributed by atoms with E-state index in [1.54, 1.807) is 30.7 Å². The summed E-state index contributed by atoms with van der Waals surface area (Å²) in [6.45, 7) is 1.22. The van der Waals surface area contributed by atoms with Gasteiger partial charge in [0.1, 0.15) is 23.1 Å². The van der Waals surface area contributed by atoms with Gasteiger partial charge in [-0.2, -0.15) is 21.0 Å². The molecular formula is C30H25FN4O5S. The second kappa shape index (κ2) is 11.5. The van der Waals surface area contributed by atoms with Crippen LogP contribution in [0.15, 0.2) is 77.1 Å². The number of hydrogen-bond donors (Lipinski definition) is 2. The molecular weight excluding hydrogens is 547 g/mol. The average Bonchev–Trinajstić information content (AvgIpc) is 3.52. The summed E-state index contributed by atoms with van der Waals surface area (Å²) in [6, 6.07) is 17.0. The number of rotatable bonds is 10. The Hall–Kier alpha value is -4.50. The van der Waals surface area contributed by atoms with Crippen molar-refractivity contribution < 1.29 is 28.8 Å². The number of nitrogens with zero attached hydrogens (tertiary/aromatic N) is 4. The van der Waals surface area contributed by atoms with E-state index in [-0.39, 0.29) is 23.8 Å². The van der Waals surface area contributed by atoms with Crippen LogP contribution in [-0.2, 0) is 33.3 Å². The molecule has 11 heteroatoms. The van der Waals surface area contributed by atoms with Crippen molar-refractivity contribution in [2.45, 2.75) is 36.5 Å². The molecule has 2 aromatic heterocycles. The lowest BCUT2D eigenvalue weighted by atomic mass is 10.0. The summed E-state index contributed by atoms with van der Waals surface area (Å²) in [5.41, 5.74) is 3.44. The molecule has 6 rings (SSSR count). The van der Waals surface area contributed by atoms with Gasteiger partial charge in [0, 0.05) is 29.7 Å². The molecule has 0 spiro atoms. The molecule has 2 unspecified atom stereocenters. The Morgan fingerprint density at radius 3 is 2.80 bits per heavy atom. The van der Waals surface area contributed by atoms with Gasteiger partial charge >= 0.3 is 5.97 Å². The first-order valence-electron chi connectivity index (χ1n) is 12.9. The number of halogens is 1. The summed E-state index contributed by atoms with van der Waals surface area (Å²) in [7, 11) is -1.27. The number of aromatic nitrogens is 3. The number of carboxylic acid groups (broad SMARTS) is 1. The van der Waals surface area contributed by atoms with E-state index >= 15 is 0 Å². The number of nitriles is 1. The number of carboxylic acids is 1. The Morgan fingerprint density at radius 1 is 1.20 bits per heavy atom. The van der Waals surface area contributed by atoms with Crippen molar-refractivity contribution in [3.8, 4) is 23.1 Å². The zero-order valence-corrected chi connectivity index (χ0v) is 22.6. The second-order valence-electron chi connectivity index (χ2n) is 9.58. The van der Waals surface area contributed by atoms with Gasteiger partial charge < -0.3 is 19.3 Å². The van der Waals surface area contributed by atoms with Gasteiger partial charge in [0.05, 0.1) is 41.2 Å². The van der Waals surface area contributed by atoms with Crippen molar-refractivity contribution in [2.24, 2.45) is 0 Å². The minimum atomic E-state index is -1.27. The Labute approximate surface area is 237 Å². The van der Waals surface area contributed by atoms with Crippen LogP contribution in [0.1, 0.15) is 28.8 Å². The minimum Gasteiger partial charge on any atom is -0.477 e. The molecule has 208 valence electrons. The van der Waals surface area contributed by atoms with Gasteiger partial charge in [-0.05, 0) is 42.3 Å². The normalized spacial score (nSPS) is 18.2. The van der Waals surface area contributed by atoms with Crippen molar-refractivity contribution in [3.05, 3.63) is 100 Å². The van der Waals surface area contributed by atoms with Gasteiger partial charge in [-0.3, -0.25) is 4.98 Å². The quantitative estimate of drug-likeness (QED) is 0.150. The maximum Gasteiger partial charge on any atom is 0.340 e. The predicted octanol–water partition coefficient (Wildman–Crippen LogP) is 5.25. The van der Waals surface area contributed by atoms with Crippen LogP contribution in [0.3, 0.4) is 0 Å². The molecule has 2 aromatic carbocycles. The van der Waals surface area contributed by atoms with Gasteiger partial charge in [-0.15, -0.1) is 0 Å². The third-order valence-corrected chi connectivity index (χ3v) is 9.42. The number of aliphatic carboxylic acids is 1. The van der Waals surface area contributed by atoms with Gasteiger partial charge in [0.2, 0.25) is 0 Å². The lowest BCUT2D eigenvalue weighted by Crippen LogP contribution is -2.31. The van der Waals surface area contributed by atoms with Gasteiger partial charge in [0.25, 0.3) is 0 Å². The molecule has 41 heavy (non-hydrogen) atoms. The maximum absolute atomic E-state index is 14.3. The predicted molar refractivity (Wildman–Crippen MR) is 149 cm³/mol. The van der Waals surface area contributed by atoms with Crippen LogP contribution in [0.5, 0.6) is 5.75 Å². The van der Waals surface area contributed by atoms with E-state index in [4.69, 9.17) is 19.8 Å². The third kappa shape index (κ3) is 5.45. The van der Waals surface area contributed by atoms with Crippen LogP contribution < -0.4 is 4.89 Å². The van der Waals surface area contributed by atoms with Crippen molar-refractivity contribution in [1.29, 1.82) is 5.26 Å². The van der Waals surface area contributed by atoms with Crippen LogP contribution in [0, 0.1) is 17.1 Å². The van der Waals surface area contributed by atoms with Crippen molar-refractivity contribution in [2.75, 3.05) is 6.61 Å². The van der Waals surface area contributed by atoms with Crippen LogP contribution in [-0.4, -0.2) is 38.3 Å². The SMILES string of the molecule is N#Cc1ccc(COOc2cccnc2-c2ccccc2C[SH]2C(C(=O)O)=Cc3c2ncn3CC2CCO2)c(F)c1. The number of fused-ring (bicyclic) bond motifs is 1. The Bertz CT molecular complexity index is 1690. The molecule has 4 heterocycles. The van der Waals surface area contributed by atoms with Crippen LogP contribution in [0.2, 0.25) is 0 Å². The monoisotopic (exact) mass is 572 g/mol. The summed E-state index contributed by atoms with van der Waals surface area (Å²) in [6.07, 6.45) is 6.24. The molecule has 1 fully saturated rings. The second-order valence-corrected chi connectivity index (χ2v) is 11.7. The first kappa shape index (κ1) is 26.7. The summed E-state index contributed by atoms with van der Waals surface area (Å²) in [4.78, 5) is 32.7. The molecule has 4 aromatic rings. The molecule has 2 atom stereocenters. The van der Waals surface area contributed by atoms with Gasteiger partial charge in [-0.1, -0.05) is 30.3 Å². The third-order valence-electron chi connectivity index (χ3n) is 7.01. The number of thiol groups is 1. The molecule has 1 N–H and O–H groups in total. The van der Waals surface area contributed by atoms with Crippen molar-refractivity contribution in [1.82, 2.24) is 14.5 Å². The first-order valence-corrected chi connectivity index (χ1v) is 14.4. The smallest absolute Gasteiger partial charge is 0.340 e. The van der Waals surface area contributed by atoms with E-state index in [9.17, 15) is 14.3 Å². The molecule has 0 radical (unpaired) electrons. The fourth-order valence-electron chi connectivity index (χ4n) is 4.80. The average molecular weight is 573 g/mol. The highest BCUT2D eigenvalue weighted by Crippen LogP contribution is 2.54. The number of ether oxygens (including phenoxy) is 1. The number of benzene rings is 2. The number of pyridine rings is 1. The van der Waals surface area contributed by atoms with Gasteiger partial charge in [-0.25, -0.2) is 14.2 Å². The molecule has 0 saturated carbocycles. The zero-order chi connectivity index (χ0) is 28.3. The highest BCUT2D eigenvalue weighted by molar-refractivity contribution is 8.20. The first-order chi connectivity index (χ1) is 20.0. The van der Waals surface area contributed by atoms with E-state index in [1.165, 1.54) is 12.1 Å². The highest BCUT2D eigenvalue weighted by Gasteiger charge is 2.32. The fourth-order valence-corrected chi connectivity index (χ4v) is 7.13. The summed E-state index contributed by atoms with van der Waals surface area (Å²) in [5, 5.41) is 19.8. The van der Waals surface area contributed by atoms with Crippen molar-refractivity contribution >= 4 is 22.9 Å². The maximum atomic E-state index is 14.3. The Morgan fingerprint density at radius 2 is 2.05 bits per heavy atom. The fraction of sp³-hybridized carbons (Fsp3) is 0.200. The summed E-state index contributed by atoms with van der Waals surface area (Å²) >= 11 is 0. The number of hydrogen-bond acceptors (Lipinski definition) is 7. The number of imidazole rings is 1. The van der Waals surface area contributed by atoms with E-state index in [2.05, 4.69) is 9.97 Å². The number of carbonyl (C=O) groups is 1. The van der Waals surface area contributed by atoms with Crippen LogP contribution >= 0.6 is 10.9 Å². The molecule has 0 amide bonds. The Balaban J connectivity index is 1.24. The van der Waals surface area contributed by atoms with E-state index in [0.29, 0.717) is 28.6 Å². The van der Waals surface area contributed by atoms with Gasteiger partial charge in [0.15, 0.2) is 5.75 Å². The summed E-state index contributed by atoms with van der Waals surface area (Å²) < 4.78 is 21.8. The van der Waals surface area contributed by atoms with E-state index < -0.39 is 22.7 Å².